The maximum absolute atomic E-state index is 13.4. The van der Waals surface area contributed by atoms with Crippen LogP contribution in [0.4, 0.5) is 4.39 Å². The van der Waals surface area contributed by atoms with Gasteiger partial charge in [0.2, 0.25) is 0 Å². The van der Waals surface area contributed by atoms with Gasteiger partial charge in [0.1, 0.15) is 5.82 Å². The lowest BCUT2D eigenvalue weighted by molar-refractivity contribution is 0.233. The van der Waals surface area contributed by atoms with Gasteiger partial charge < -0.3 is 15.3 Å². The van der Waals surface area contributed by atoms with Crippen molar-refractivity contribution in [1.29, 1.82) is 0 Å². The van der Waals surface area contributed by atoms with E-state index in [1.54, 1.807) is 6.07 Å². The number of nitrogens with one attached hydrogen (secondary N) is 1. The summed E-state index contributed by atoms with van der Waals surface area (Å²) in [6, 6.07) is 4.35. The molecule has 2 N–H and O–H groups in total. The molecule has 0 saturated heterocycles. The van der Waals surface area contributed by atoms with Crippen molar-refractivity contribution in [3.63, 3.8) is 0 Å². The van der Waals surface area contributed by atoms with E-state index in [9.17, 15) is 9.50 Å². The van der Waals surface area contributed by atoms with Crippen molar-refractivity contribution in [1.82, 2.24) is 10.2 Å². The van der Waals surface area contributed by atoms with Crippen LogP contribution in [0.5, 0.6) is 0 Å². The molecule has 0 amide bonds. The van der Waals surface area contributed by atoms with Crippen molar-refractivity contribution in [3.8, 4) is 0 Å². The Morgan fingerprint density at radius 2 is 2.05 bits per heavy atom. The number of hydrogen-bond donors (Lipinski definition) is 2. The summed E-state index contributed by atoms with van der Waals surface area (Å²) in [5.74, 6) is -0.455. The molecule has 0 fully saturated rings. The first-order valence-electron chi connectivity index (χ1n) is 6.63. The molecule has 1 aromatic carbocycles. The maximum Gasteiger partial charge on any atom is 0.142 e. The summed E-state index contributed by atoms with van der Waals surface area (Å²) in [5.41, 5.74) is 0.712. The average Bonchev–Trinajstić information content (AvgIpc) is 2.42. The summed E-state index contributed by atoms with van der Waals surface area (Å²) in [6.07, 6.45) is 0. The highest BCUT2D eigenvalue weighted by molar-refractivity contribution is 6.30. The molecule has 0 aliphatic heterocycles. The largest absolute Gasteiger partial charge is 0.394 e. The van der Waals surface area contributed by atoms with Crippen LogP contribution in [0.3, 0.4) is 0 Å². The van der Waals surface area contributed by atoms with E-state index in [1.165, 1.54) is 12.1 Å². The quantitative estimate of drug-likeness (QED) is 0.771. The first kappa shape index (κ1) is 16.4. The summed E-state index contributed by atoms with van der Waals surface area (Å²) in [6.45, 7) is 7.80. The van der Waals surface area contributed by atoms with Crippen molar-refractivity contribution in [3.05, 3.63) is 34.6 Å². The molecule has 5 heteroatoms. The van der Waals surface area contributed by atoms with E-state index in [0.717, 1.165) is 26.2 Å². The third kappa shape index (κ3) is 5.07. The molecule has 0 aliphatic carbocycles. The fraction of sp³-hybridized carbons (Fsp3) is 0.571. The molecule has 1 aromatic rings. The molecule has 0 heterocycles. The van der Waals surface area contributed by atoms with Gasteiger partial charge in [-0.25, -0.2) is 4.39 Å². The molecule has 3 nitrogen and oxygen atoms in total. The van der Waals surface area contributed by atoms with Crippen molar-refractivity contribution in [2.75, 3.05) is 32.8 Å². The molecule has 19 heavy (non-hydrogen) atoms. The second-order valence-corrected chi connectivity index (χ2v) is 4.80. The van der Waals surface area contributed by atoms with Gasteiger partial charge in [-0.1, -0.05) is 31.5 Å². The average molecular weight is 289 g/mol. The Balaban J connectivity index is 2.55. The van der Waals surface area contributed by atoms with Gasteiger partial charge in [-0.3, -0.25) is 0 Å². The van der Waals surface area contributed by atoms with Gasteiger partial charge in [-0.05, 0) is 30.8 Å². The summed E-state index contributed by atoms with van der Waals surface area (Å²) in [7, 11) is 0. The van der Waals surface area contributed by atoms with Crippen molar-refractivity contribution < 1.29 is 9.50 Å². The summed E-state index contributed by atoms with van der Waals surface area (Å²) in [4.78, 5) is 2.28. The predicted molar refractivity (Wildman–Crippen MR) is 77.0 cm³/mol. The van der Waals surface area contributed by atoms with Crippen LogP contribution in [0, 0.1) is 5.82 Å². The Morgan fingerprint density at radius 3 is 2.58 bits per heavy atom. The predicted octanol–water partition coefficient (Wildman–Crippen LogP) is 2.44. The van der Waals surface area contributed by atoms with Gasteiger partial charge in [0.15, 0.2) is 0 Å². The monoisotopic (exact) mass is 288 g/mol. The van der Waals surface area contributed by atoms with Gasteiger partial charge >= 0.3 is 0 Å². The fourth-order valence-electron chi connectivity index (χ4n) is 1.95. The number of rotatable bonds is 8. The zero-order valence-electron chi connectivity index (χ0n) is 11.5. The van der Waals surface area contributed by atoms with Crippen LogP contribution in [-0.4, -0.2) is 42.8 Å². The molecule has 1 unspecified atom stereocenters. The molecular weight excluding hydrogens is 267 g/mol. The third-order valence-corrected chi connectivity index (χ3v) is 3.55. The van der Waals surface area contributed by atoms with E-state index in [-0.39, 0.29) is 17.7 Å². The molecule has 0 aromatic heterocycles. The molecule has 0 bridgehead atoms. The molecule has 0 radical (unpaired) electrons. The zero-order chi connectivity index (χ0) is 14.3. The minimum absolute atomic E-state index is 0.0701. The number of aliphatic hydroxyl groups excluding tert-OH is 1. The van der Waals surface area contributed by atoms with E-state index in [0.29, 0.717) is 5.56 Å². The zero-order valence-corrected chi connectivity index (χ0v) is 12.3. The lowest BCUT2D eigenvalue weighted by Crippen LogP contribution is -2.34. The van der Waals surface area contributed by atoms with Crippen LogP contribution in [0.1, 0.15) is 25.5 Å². The highest BCUT2D eigenvalue weighted by Crippen LogP contribution is 2.20. The second kappa shape index (κ2) is 8.48. The third-order valence-electron chi connectivity index (χ3n) is 3.24. The smallest absolute Gasteiger partial charge is 0.142 e. The van der Waals surface area contributed by atoms with Gasteiger partial charge in [0.05, 0.1) is 17.7 Å². The number of hydrogen-bond acceptors (Lipinski definition) is 3. The SMILES string of the molecule is CCN(CC)CCNC(CO)c1ccc(Cl)c(F)c1. The first-order chi connectivity index (χ1) is 9.12. The highest BCUT2D eigenvalue weighted by atomic mass is 35.5. The number of benzene rings is 1. The van der Waals surface area contributed by atoms with E-state index >= 15 is 0 Å². The van der Waals surface area contributed by atoms with Gasteiger partial charge in [0.25, 0.3) is 0 Å². The van der Waals surface area contributed by atoms with E-state index in [2.05, 4.69) is 24.1 Å². The Morgan fingerprint density at radius 1 is 1.37 bits per heavy atom. The molecule has 0 saturated carbocycles. The number of aliphatic hydroxyl groups is 1. The van der Waals surface area contributed by atoms with Gasteiger partial charge in [0, 0.05) is 13.1 Å². The van der Waals surface area contributed by atoms with E-state index in [4.69, 9.17) is 11.6 Å². The van der Waals surface area contributed by atoms with Crippen molar-refractivity contribution in [2.24, 2.45) is 0 Å². The normalized spacial score (nSPS) is 12.9. The standard InChI is InChI=1S/C14H22ClFN2O/c1-3-18(4-2)8-7-17-14(10-19)11-5-6-12(15)13(16)9-11/h5-6,9,14,17,19H,3-4,7-8,10H2,1-2H3. The minimum Gasteiger partial charge on any atom is -0.394 e. The molecular formula is C14H22ClFN2O. The number of halogens is 2. The minimum atomic E-state index is -0.455. The van der Waals surface area contributed by atoms with Crippen LogP contribution >= 0.6 is 11.6 Å². The summed E-state index contributed by atoms with van der Waals surface area (Å²) in [5, 5.41) is 12.7. The lowest BCUT2D eigenvalue weighted by atomic mass is 10.1. The van der Waals surface area contributed by atoms with E-state index in [1.807, 2.05) is 0 Å². The van der Waals surface area contributed by atoms with Crippen LogP contribution in [-0.2, 0) is 0 Å². The lowest BCUT2D eigenvalue weighted by Gasteiger charge is -2.21. The van der Waals surface area contributed by atoms with Crippen LogP contribution in [0.15, 0.2) is 18.2 Å². The molecule has 0 spiro atoms. The Hall–Kier alpha value is -0.680. The van der Waals surface area contributed by atoms with Crippen LogP contribution < -0.4 is 5.32 Å². The molecule has 1 rings (SSSR count). The number of likely N-dealkylation sites (N-methyl/N-ethyl adjacent to an activating group) is 1. The topological polar surface area (TPSA) is 35.5 Å². The Labute approximate surface area is 119 Å². The van der Waals surface area contributed by atoms with Gasteiger partial charge in [-0.15, -0.1) is 0 Å². The van der Waals surface area contributed by atoms with Gasteiger partial charge in [-0.2, -0.15) is 0 Å². The Bertz CT molecular complexity index is 386. The van der Waals surface area contributed by atoms with E-state index < -0.39 is 5.82 Å². The summed E-state index contributed by atoms with van der Waals surface area (Å²) < 4.78 is 13.4. The molecule has 108 valence electrons. The molecule has 1 atom stereocenters. The number of nitrogens with zero attached hydrogens (tertiary/aromatic N) is 1. The second-order valence-electron chi connectivity index (χ2n) is 4.39. The molecule has 0 aliphatic rings. The van der Waals surface area contributed by atoms with Crippen LogP contribution in [0.2, 0.25) is 5.02 Å². The summed E-state index contributed by atoms with van der Waals surface area (Å²) >= 11 is 5.65. The Kier molecular flexibility index (Phi) is 7.31. The first-order valence-corrected chi connectivity index (χ1v) is 7.01. The highest BCUT2D eigenvalue weighted by Gasteiger charge is 2.12. The maximum atomic E-state index is 13.4. The van der Waals surface area contributed by atoms with Crippen molar-refractivity contribution in [2.45, 2.75) is 19.9 Å². The van der Waals surface area contributed by atoms with Crippen LogP contribution in [0.25, 0.3) is 0 Å². The van der Waals surface area contributed by atoms with Crippen molar-refractivity contribution >= 4 is 11.6 Å². The fourth-order valence-corrected chi connectivity index (χ4v) is 2.07.